The Hall–Kier alpha value is -1.19. The number of hydrogen-bond acceptors (Lipinski definition) is 2. The highest BCUT2D eigenvalue weighted by molar-refractivity contribution is 5.78. The van der Waals surface area contributed by atoms with Gasteiger partial charge >= 0.3 is 5.97 Å². The van der Waals surface area contributed by atoms with Crippen molar-refractivity contribution in [1.29, 1.82) is 0 Å². The van der Waals surface area contributed by atoms with Gasteiger partial charge in [-0.25, -0.2) is 8.78 Å². The summed E-state index contributed by atoms with van der Waals surface area (Å²) in [7, 11) is 0. The van der Waals surface area contributed by atoms with Crippen molar-refractivity contribution < 1.29 is 18.3 Å². The molecule has 1 heterocycles. The monoisotopic (exact) mass is 282 g/mol. The van der Waals surface area contributed by atoms with E-state index in [4.69, 9.17) is 4.74 Å². The molecule has 0 amide bonds. The van der Waals surface area contributed by atoms with Gasteiger partial charge in [0.2, 0.25) is 0 Å². The first-order valence-electron chi connectivity index (χ1n) is 7.28. The predicted molar refractivity (Wildman–Crippen MR) is 71.2 cm³/mol. The number of esters is 1. The molecule has 0 spiro atoms. The van der Waals surface area contributed by atoms with Crippen molar-refractivity contribution in [2.75, 3.05) is 0 Å². The van der Waals surface area contributed by atoms with Crippen LogP contribution in [0.25, 0.3) is 0 Å². The van der Waals surface area contributed by atoms with E-state index >= 15 is 0 Å². The van der Waals surface area contributed by atoms with Gasteiger partial charge in [0.25, 0.3) is 6.43 Å². The average Bonchev–Trinajstić information content (AvgIpc) is 3.02. The lowest BCUT2D eigenvalue weighted by Crippen LogP contribution is -2.45. The number of rotatable bonds is 4. The zero-order chi connectivity index (χ0) is 14.5. The van der Waals surface area contributed by atoms with Crippen LogP contribution in [0.2, 0.25) is 0 Å². The molecule has 2 bridgehead atoms. The molecule has 1 saturated heterocycles. The standard InChI is InChI=1S/C16H20F2O2/c1-9(2)4-3-7-16(15(17)18)13-11-6-5-10(8-11)12(13)14(19)20-16/h4-6,10-13,15H,3,7-8H2,1-2H3/t10?,11?,12?,13?,16-/m1/s1. The normalized spacial score (nSPS) is 41.1. The summed E-state index contributed by atoms with van der Waals surface area (Å²) in [6.07, 6.45) is 4.93. The molecule has 2 fully saturated rings. The van der Waals surface area contributed by atoms with Crippen LogP contribution >= 0.6 is 0 Å². The minimum Gasteiger partial charge on any atom is -0.452 e. The minimum absolute atomic E-state index is 0.0807. The maximum atomic E-state index is 13.7. The molecule has 0 aromatic heterocycles. The summed E-state index contributed by atoms with van der Waals surface area (Å²) >= 11 is 0. The molecule has 4 heteroatoms. The Kier molecular flexibility index (Phi) is 3.22. The number of fused-ring (bicyclic) bond motifs is 5. The SMILES string of the molecule is CC(C)=CCC[C@@]1(C(F)F)OC(=O)C2C3C=CC(C3)C21. The molecule has 1 aliphatic heterocycles. The zero-order valence-corrected chi connectivity index (χ0v) is 11.8. The van der Waals surface area contributed by atoms with Gasteiger partial charge < -0.3 is 4.74 Å². The maximum Gasteiger partial charge on any atom is 0.310 e. The van der Waals surface area contributed by atoms with E-state index in [2.05, 4.69) is 0 Å². The highest BCUT2D eigenvalue weighted by Crippen LogP contribution is 2.60. The molecule has 1 saturated carbocycles. The summed E-state index contributed by atoms with van der Waals surface area (Å²) in [6.45, 7) is 3.89. The molecule has 3 rings (SSSR count). The van der Waals surface area contributed by atoms with Gasteiger partial charge in [-0.2, -0.15) is 0 Å². The molecular formula is C16H20F2O2. The van der Waals surface area contributed by atoms with Crippen LogP contribution in [0.4, 0.5) is 8.78 Å². The van der Waals surface area contributed by atoms with E-state index in [0.717, 1.165) is 12.0 Å². The van der Waals surface area contributed by atoms with Crippen LogP contribution in [0.15, 0.2) is 23.8 Å². The number of carbonyl (C=O) groups excluding carboxylic acids is 1. The molecule has 20 heavy (non-hydrogen) atoms. The lowest BCUT2D eigenvalue weighted by Gasteiger charge is -2.35. The lowest BCUT2D eigenvalue weighted by molar-refractivity contribution is -0.171. The Morgan fingerprint density at radius 1 is 1.45 bits per heavy atom. The van der Waals surface area contributed by atoms with E-state index < -0.39 is 18.0 Å². The Labute approximate surface area is 117 Å². The van der Waals surface area contributed by atoms with E-state index in [-0.39, 0.29) is 30.1 Å². The number of carbonyl (C=O) groups is 1. The summed E-state index contributed by atoms with van der Waals surface area (Å²) in [4.78, 5) is 12.1. The topological polar surface area (TPSA) is 26.3 Å². The van der Waals surface area contributed by atoms with Crippen LogP contribution in [0.1, 0.15) is 33.1 Å². The second-order valence-corrected chi connectivity index (χ2v) is 6.50. The van der Waals surface area contributed by atoms with Gasteiger partial charge in [0.05, 0.1) is 5.92 Å². The Bertz CT molecular complexity index is 479. The van der Waals surface area contributed by atoms with E-state index in [1.54, 1.807) is 0 Å². The Morgan fingerprint density at radius 2 is 2.15 bits per heavy atom. The third kappa shape index (κ3) is 1.84. The number of cyclic esters (lactones) is 1. The zero-order valence-electron chi connectivity index (χ0n) is 11.8. The van der Waals surface area contributed by atoms with Crippen molar-refractivity contribution in [1.82, 2.24) is 0 Å². The van der Waals surface area contributed by atoms with Crippen LogP contribution in [0.3, 0.4) is 0 Å². The first-order chi connectivity index (χ1) is 9.45. The lowest BCUT2D eigenvalue weighted by atomic mass is 9.73. The number of alkyl halides is 2. The van der Waals surface area contributed by atoms with Crippen molar-refractivity contribution in [2.45, 2.75) is 45.1 Å². The molecule has 5 atom stereocenters. The number of allylic oxidation sites excluding steroid dienone is 4. The molecular weight excluding hydrogens is 262 g/mol. The fourth-order valence-electron chi connectivity index (χ4n) is 4.24. The quantitative estimate of drug-likeness (QED) is 0.580. The summed E-state index contributed by atoms with van der Waals surface area (Å²) in [5.74, 6) is -0.899. The summed E-state index contributed by atoms with van der Waals surface area (Å²) in [6, 6.07) is 0. The number of halogens is 2. The molecule has 2 aliphatic carbocycles. The maximum absolute atomic E-state index is 13.7. The van der Waals surface area contributed by atoms with Gasteiger partial charge in [-0.05, 0) is 44.9 Å². The van der Waals surface area contributed by atoms with Crippen LogP contribution in [0, 0.1) is 23.7 Å². The predicted octanol–water partition coefficient (Wildman–Crippen LogP) is 3.73. The minimum atomic E-state index is -2.61. The second-order valence-electron chi connectivity index (χ2n) is 6.50. The third-order valence-electron chi connectivity index (χ3n) is 5.04. The van der Waals surface area contributed by atoms with Gasteiger partial charge in [-0.1, -0.05) is 23.8 Å². The molecule has 2 nitrogen and oxygen atoms in total. The molecule has 110 valence electrons. The summed E-state index contributed by atoms with van der Waals surface area (Å²) in [5.41, 5.74) is -0.471. The van der Waals surface area contributed by atoms with Gasteiger partial charge in [-0.3, -0.25) is 4.79 Å². The third-order valence-corrected chi connectivity index (χ3v) is 5.04. The van der Waals surface area contributed by atoms with Gasteiger partial charge in [0.1, 0.15) is 0 Å². The Balaban J connectivity index is 1.89. The van der Waals surface area contributed by atoms with Crippen LogP contribution in [-0.4, -0.2) is 18.0 Å². The first kappa shape index (κ1) is 13.8. The average molecular weight is 282 g/mol. The molecule has 3 aliphatic rings. The molecule has 4 unspecified atom stereocenters. The van der Waals surface area contributed by atoms with Gasteiger partial charge in [0, 0.05) is 5.92 Å². The Morgan fingerprint density at radius 3 is 2.80 bits per heavy atom. The second kappa shape index (κ2) is 4.68. The summed E-state index contributed by atoms with van der Waals surface area (Å²) < 4.78 is 32.7. The molecule has 0 N–H and O–H groups in total. The van der Waals surface area contributed by atoms with Crippen LogP contribution in [0.5, 0.6) is 0 Å². The van der Waals surface area contributed by atoms with Crippen molar-refractivity contribution in [3.05, 3.63) is 23.8 Å². The van der Waals surface area contributed by atoms with Crippen molar-refractivity contribution in [2.24, 2.45) is 23.7 Å². The van der Waals surface area contributed by atoms with Crippen LogP contribution < -0.4 is 0 Å². The number of hydrogen-bond donors (Lipinski definition) is 0. The van der Waals surface area contributed by atoms with E-state index in [9.17, 15) is 13.6 Å². The number of ether oxygens (including phenoxy) is 1. The van der Waals surface area contributed by atoms with Crippen molar-refractivity contribution in [3.63, 3.8) is 0 Å². The van der Waals surface area contributed by atoms with Crippen LogP contribution in [-0.2, 0) is 9.53 Å². The molecule has 0 radical (unpaired) electrons. The van der Waals surface area contributed by atoms with Crippen molar-refractivity contribution >= 4 is 5.97 Å². The smallest absolute Gasteiger partial charge is 0.310 e. The molecule has 0 aromatic carbocycles. The van der Waals surface area contributed by atoms with Crippen molar-refractivity contribution in [3.8, 4) is 0 Å². The van der Waals surface area contributed by atoms with E-state index in [1.807, 2.05) is 32.1 Å². The largest absolute Gasteiger partial charge is 0.452 e. The highest BCUT2D eigenvalue weighted by Gasteiger charge is 2.67. The molecule has 0 aromatic rings. The fraction of sp³-hybridized carbons (Fsp3) is 0.688. The van der Waals surface area contributed by atoms with E-state index in [0.29, 0.717) is 6.42 Å². The van der Waals surface area contributed by atoms with Gasteiger partial charge in [-0.15, -0.1) is 0 Å². The summed E-state index contributed by atoms with van der Waals surface area (Å²) in [5, 5.41) is 0. The highest BCUT2D eigenvalue weighted by atomic mass is 19.3. The fourth-order valence-corrected chi connectivity index (χ4v) is 4.24. The van der Waals surface area contributed by atoms with Gasteiger partial charge in [0.15, 0.2) is 5.60 Å². The first-order valence-corrected chi connectivity index (χ1v) is 7.28. The van der Waals surface area contributed by atoms with E-state index in [1.165, 1.54) is 0 Å².